The molecular weight excluding hydrogens is 500 g/mol. The monoisotopic (exact) mass is 526 g/mol. The van der Waals surface area contributed by atoms with Crippen LogP contribution in [0.5, 0.6) is 23.0 Å². The number of fused-ring (bicyclic) bond motifs is 3. The molecule has 192 valence electrons. The van der Waals surface area contributed by atoms with E-state index in [9.17, 15) is 9.90 Å². The Bertz CT molecular complexity index is 1740. The van der Waals surface area contributed by atoms with Gasteiger partial charge in [0.15, 0.2) is 16.3 Å². The van der Waals surface area contributed by atoms with E-state index in [1.54, 1.807) is 29.9 Å². The Morgan fingerprint density at radius 3 is 2.37 bits per heavy atom. The first-order valence-electron chi connectivity index (χ1n) is 12.2. The summed E-state index contributed by atoms with van der Waals surface area (Å²) < 4.78 is 18.3. The number of aryl methyl sites for hydroxylation is 1. The number of hydrogen-bond acceptors (Lipinski definition) is 7. The molecule has 6 rings (SSSR count). The van der Waals surface area contributed by atoms with Crippen molar-refractivity contribution in [1.29, 1.82) is 0 Å². The van der Waals surface area contributed by atoms with Gasteiger partial charge in [0, 0.05) is 5.56 Å². The number of allylic oxidation sites excluding steroid dienone is 1. The molecule has 1 atom stereocenters. The first-order chi connectivity index (χ1) is 18.5. The van der Waals surface area contributed by atoms with E-state index in [0.717, 1.165) is 41.0 Å². The van der Waals surface area contributed by atoms with Crippen molar-refractivity contribution in [2.45, 2.75) is 18.9 Å². The fourth-order valence-corrected chi connectivity index (χ4v) is 6.26. The number of rotatable bonds is 5. The predicted molar refractivity (Wildman–Crippen MR) is 147 cm³/mol. The van der Waals surface area contributed by atoms with Crippen LogP contribution in [0.2, 0.25) is 0 Å². The minimum atomic E-state index is -0.272. The van der Waals surface area contributed by atoms with Crippen LogP contribution in [0.15, 0.2) is 76.0 Å². The fraction of sp³-hybridized carbons (Fsp3) is 0.200. The minimum absolute atomic E-state index is 0.0838. The summed E-state index contributed by atoms with van der Waals surface area (Å²) in [4.78, 5) is 19.6. The van der Waals surface area contributed by atoms with Crippen molar-refractivity contribution in [2.75, 3.05) is 21.3 Å². The number of methoxy groups -OCH3 is 3. The highest BCUT2D eigenvalue weighted by atomic mass is 32.1. The third-order valence-electron chi connectivity index (χ3n) is 7.10. The van der Waals surface area contributed by atoms with Gasteiger partial charge in [-0.3, -0.25) is 9.36 Å². The number of benzene rings is 3. The first kappa shape index (κ1) is 24.1. The quantitative estimate of drug-likeness (QED) is 0.424. The van der Waals surface area contributed by atoms with Crippen LogP contribution in [0.25, 0.3) is 11.8 Å². The van der Waals surface area contributed by atoms with Gasteiger partial charge in [0.1, 0.15) is 5.75 Å². The van der Waals surface area contributed by atoms with E-state index in [-0.39, 0.29) is 28.8 Å². The molecule has 0 saturated heterocycles. The van der Waals surface area contributed by atoms with Crippen molar-refractivity contribution in [3.63, 3.8) is 0 Å². The molecule has 1 N–H and O–H groups in total. The highest BCUT2D eigenvalue weighted by molar-refractivity contribution is 7.07. The van der Waals surface area contributed by atoms with Crippen LogP contribution in [0.1, 0.15) is 34.7 Å². The average Bonchev–Trinajstić information content (AvgIpc) is 3.26. The molecule has 3 aromatic carbocycles. The molecule has 0 saturated carbocycles. The van der Waals surface area contributed by atoms with Gasteiger partial charge < -0.3 is 19.3 Å². The third kappa shape index (κ3) is 3.88. The zero-order valence-corrected chi connectivity index (χ0v) is 22.0. The van der Waals surface area contributed by atoms with E-state index in [2.05, 4.69) is 18.2 Å². The van der Waals surface area contributed by atoms with Gasteiger partial charge in [-0.15, -0.1) is 0 Å². The number of hydrogen-bond donors (Lipinski definition) is 1. The summed E-state index contributed by atoms with van der Waals surface area (Å²) in [5.74, 6) is 1.22. The summed E-state index contributed by atoms with van der Waals surface area (Å²) in [7, 11) is 4.59. The van der Waals surface area contributed by atoms with E-state index in [4.69, 9.17) is 19.2 Å². The summed E-state index contributed by atoms with van der Waals surface area (Å²) in [6, 6.07) is 19.3. The molecule has 1 aliphatic carbocycles. The lowest BCUT2D eigenvalue weighted by Crippen LogP contribution is -2.38. The Kier molecular flexibility index (Phi) is 6.04. The normalized spacial score (nSPS) is 16.3. The number of ether oxygens (including phenoxy) is 3. The van der Waals surface area contributed by atoms with E-state index >= 15 is 0 Å². The lowest BCUT2D eigenvalue weighted by molar-refractivity contribution is 0.340. The van der Waals surface area contributed by atoms with Gasteiger partial charge in [-0.05, 0) is 65.4 Å². The van der Waals surface area contributed by atoms with Crippen LogP contribution < -0.4 is 29.1 Å². The summed E-state index contributed by atoms with van der Waals surface area (Å²) in [5.41, 5.74) is 6.05. The Hall–Kier alpha value is -4.30. The molecule has 0 amide bonds. The smallest absolute Gasteiger partial charge is 0.271 e. The highest BCUT2D eigenvalue weighted by Crippen LogP contribution is 2.41. The minimum Gasteiger partial charge on any atom is -0.502 e. The first-order valence-corrected chi connectivity index (χ1v) is 13.1. The van der Waals surface area contributed by atoms with E-state index in [1.807, 2.05) is 30.3 Å². The van der Waals surface area contributed by atoms with Crippen molar-refractivity contribution in [3.8, 4) is 23.0 Å². The number of nitrogens with zero attached hydrogens (tertiary/aromatic N) is 2. The highest BCUT2D eigenvalue weighted by Gasteiger charge is 2.32. The Labute approximate surface area is 223 Å². The van der Waals surface area contributed by atoms with Gasteiger partial charge >= 0.3 is 0 Å². The summed E-state index contributed by atoms with van der Waals surface area (Å²) in [6.07, 6.45) is 3.51. The van der Waals surface area contributed by atoms with E-state index in [1.165, 1.54) is 31.1 Å². The maximum atomic E-state index is 13.9. The van der Waals surface area contributed by atoms with Crippen LogP contribution in [0.4, 0.5) is 0 Å². The second kappa shape index (κ2) is 9.54. The summed E-state index contributed by atoms with van der Waals surface area (Å²) >= 11 is 1.35. The fourth-order valence-electron chi connectivity index (χ4n) is 5.26. The molecule has 0 unspecified atom stereocenters. The molecule has 38 heavy (non-hydrogen) atoms. The SMILES string of the molecule is COc1ccc([C@@H]2C3=C(N=c4s/c(=C\c5cc(OC)c(O)c(OC)c5)c(=O)n42)c2ccccc2CC3)cc1. The Balaban J connectivity index is 1.59. The second-order valence-electron chi connectivity index (χ2n) is 9.16. The van der Waals surface area contributed by atoms with Crippen molar-refractivity contribution < 1.29 is 19.3 Å². The number of phenolic OH excluding ortho intramolecular Hbond substituents is 1. The topological polar surface area (TPSA) is 82.3 Å². The van der Waals surface area contributed by atoms with Crippen LogP contribution in [0.3, 0.4) is 0 Å². The number of aromatic hydroxyl groups is 1. The maximum absolute atomic E-state index is 13.9. The summed E-state index contributed by atoms with van der Waals surface area (Å²) in [5, 5.41) is 10.3. The van der Waals surface area contributed by atoms with Crippen molar-refractivity contribution >= 4 is 23.1 Å². The number of aromatic nitrogens is 1. The second-order valence-corrected chi connectivity index (χ2v) is 10.2. The Morgan fingerprint density at radius 2 is 1.68 bits per heavy atom. The zero-order valence-electron chi connectivity index (χ0n) is 21.2. The molecule has 1 aliphatic heterocycles. The molecule has 0 bridgehead atoms. The van der Waals surface area contributed by atoms with Gasteiger partial charge in [0.25, 0.3) is 5.56 Å². The van der Waals surface area contributed by atoms with Gasteiger partial charge in [0.05, 0.1) is 37.6 Å². The van der Waals surface area contributed by atoms with Crippen molar-refractivity contribution in [1.82, 2.24) is 4.57 Å². The molecular formula is C30H26N2O5S. The molecule has 1 aromatic heterocycles. The molecule has 7 nitrogen and oxygen atoms in total. The van der Waals surface area contributed by atoms with Crippen LogP contribution in [-0.4, -0.2) is 31.0 Å². The molecule has 2 heterocycles. The molecule has 0 radical (unpaired) electrons. The molecule has 4 aromatic rings. The summed E-state index contributed by atoms with van der Waals surface area (Å²) in [6.45, 7) is 0. The molecule has 8 heteroatoms. The lowest BCUT2D eigenvalue weighted by Gasteiger charge is -2.30. The average molecular weight is 527 g/mol. The van der Waals surface area contributed by atoms with E-state index in [0.29, 0.717) is 14.9 Å². The molecule has 0 fully saturated rings. The standard InChI is InChI=1S/C30H26N2O5S/c1-35-20-11-8-19(9-12-20)27-22-13-10-18-6-4-5-7-21(18)26(22)31-30-32(27)29(34)25(38-30)16-17-14-23(36-2)28(33)24(15-17)37-3/h4-9,11-12,14-16,27,33H,10,13H2,1-3H3/b25-16-/t27-/m1/s1. The molecule has 0 spiro atoms. The number of phenols is 1. The zero-order chi connectivity index (χ0) is 26.4. The maximum Gasteiger partial charge on any atom is 0.271 e. The molecule has 2 aliphatic rings. The third-order valence-corrected chi connectivity index (χ3v) is 8.09. The largest absolute Gasteiger partial charge is 0.502 e. The van der Waals surface area contributed by atoms with Crippen LogP contribution in [-0.2, 0) is 6.42 Å². The van der Waals surface area contributed by atoms with Crippen LogP contribution in [0, 0.1) is 0 Å². The van der Waals surface area contributed by atoms with Gasteiger partial charge in [-0.1, -0.05) is 47.7 Å². The van der Waals surface area contributed by atoms with Gasteiger partial charge in [-0.25, -0.2) is 4.99 Å². The van der Waals surface area contributed by atoms with E-state index < -0.39 is 0 Å². The lowest BCUT2D eigenvalue weighted by atomic mass is 9.83. The van der Waals surface area contributed by atoms with Crippen molar-refractivity contribution in [2.24, 2.45) is 4.99 Å². The van der Waals surface area contributed by atoms with Crippen LogP contribution >= 0.6 is 11.3 Å². The van der Waals surface area contributed by atoms with Gasteiger partial charge in [0.2, 0.25) is 5.75 Å². The Morgan fingerprint density at radius 1 is 0.974 bits per heavy atom. The number of thiazole rings is 1. The van der Waals surface area contributed by atoms with Crippen molar-refractivity contribution in [3.05, 3.63) is 108 Å². The van der Waals surface area contributed by atoms with Gasteiger partial charge in [-0.2, -0.15) is 0 Å². The predicted octanol–water partition coefficient (Wildman–Crippen LogP) is 4.05.